The van der Waals surface area contributed by atoms with E-state index in [1.54, 1.807) is 24.3 Å². The number of benzene rings is 3. The van der Waals surface area contributed by atoms with Gasteiger partial charge in [0.1, 0.15) is 11.5 Å². The number of nitrogens with zero attached hydrogens (tertiary/aromatic N) is 1. The number of phenolic OH excluding ortho intramolecular Hbond substituents is 2. The molecule has 0 spiro atoms. The fourth-order valence-corrected chi connectivity index (χ4v) is 3.78. The molecule has 1 aliphatic carbocycles. The zero-order valence-electron chi connectivity index (χ0n) is 14.6. The first-order chi connectivity index (χ1) is 13.2. The van der Waals surface area contributed by atoms with Gasteiger partial charge in [-0.1, -0.05) is 36.4 Å². The minimum Gasteiger partial charge on any atom is -0.508 e. The van der Waals surface area contributed by atoms with E-state index in [0.717, 1.165) is 40.1 Å². The predicted molar refractivity (Wildman–Crippen MR) is 107 cm³/mol. The van der Waals surface area contributed by atoms with Gasteiger partial charge in [-0.05, 0) is 64.7 Å². The van der Waals surface area contributed by atoms with Crippen LogP contribution in [0.1, 0.15) is 11.1 Å². The van der Waals surface area contributed by atoms with Gasteiger partial charge in [0.15, 0.2) is 0 Å². The fraction of sp³-hybridized carbons (Fsp3) is 0.0417. The van der Waals surface area contributed by atoms with Gasteiger partial charge in [-0.25, -0.2) is 4.98 Å². The summed E-state index contributed by atoms with van der Waals surface area (Å²) >= 11 is 0. The largest absolute Gasteiger partial charge is 0.508 e. The van der Waals surface area contributed by atoms with Crippen molar-refractivity contribution in [2.24, 2.45) is 0 Å². The fourth-order valence-electron chi connectivity index (χ4n) is 3.78. The van der Waals surface area contributed by atoms with Gasteiger partial charge in [0.2, 0.25) is 0 Å². The molecule has 27 heavy (non-hydrogen) atoms. The molecule has 1 aliphatic rings. The van der Waals surface area contributed by atoms with Crippen molar-refractivity contribution in [2.45, 2.75) is 6.42 Å². The van der Waals surface area contributed by atoms with Crippen molar-refractivity contribution < 1.29 is 10.2 Å². The number of rotatable bonds is 2. The van der Waals surface area contributed by atoms with Crippen LogP contribution in [-0.2, 0) is 6.42 Å². The first kappa shape index (κ1) is 15.6. The average Bonchev–Trinajstić information content (AvgIpc) is 3.06. The minimum absolute atomic E-state index is 0.235. The van der Waals surface area contributed by atoms with E-state index in [-0.39, 0.29) is 11.5 Å². The van der Waals surface area contributed by atoms with Crippen molar-refractivity contribution in [3.63, 3.8) is 0 Å². The highest BCUT2D eigenvalue weighted by atomic mass is 16.3. The van der Waals surface area contributed by atoms with Crippen LogP contribution in [0.3, 0.4) is 0 Å². The lowest BCUT2D eigenvalue weighted by Gasteiger charge is -2.12. The summed E-state index contributed by atoms with van der Waals surface area (Å²) in [5, 5.41) is 19.6. The van der Waals surface area contributed by atoms with Crippen molar-refractivity contribution in [1.29, 1.82) is 0 Å². The van der Waals surface area contributed by atoms with Gasteiger partial charge < -0.3 is 10.2 Å². The Morgan fingerprint density at radius 3 is 2.30 bits per heavy atom. The zero-order chi connectivity index (χ0) is 18.4. The number of pyridine rings is 1. The summed E-state index contributed by atoms with van der Waals surface area (Å²) in [5.41, 5.74) is 8.46. The molecule has 0 saturated heterocycles. The summed E-state index contributed by atoms with van der Waals surface area (Å²) in [5.74, 6) is 0.484. The first-order valence-electron chi connectivity index (χ1n) is 8.90. The Labute approximate surface area is 157 Å². The van der Waals surface area contributed by atoms with Crippen LogP contribution < -0.4 is 0 Å². The second-order valence-electron chi connectivity index (χ2n) is 6.81. The van der Waals surface area contributed by atoms with Gasteiger partial charge in [-0.3, -0.25) is 0 Å². The van der Waals surface area contributed by atoms with Crippen LogP contribution in [0.15, 0.2) is 78.9 Å². The maximum atomic E-state index is 9.97. The number of phenols is 2. The van der Waals surface area contributed by atoms with Crippen LogP contribution in [0, 0.1) is 0 Å². The van der Waals surface area contributed by atoms with Crippen LogP contribution in [0.4, 0.5) is 0 Å². The smallest absolute Gasteiger partial charge is 0.116 e. The molecule has 4 aromatic rings. The van der Waals surface area contributed by atoms with E-state index in [1.165, 1.54) is 11.1 Å². The summed E-state index contributed by atoms with van der Waals surface area (Å²) in [6, 6.07) is 24.9. The Balaban J connectivity index is 1.78. The van der Waals surface area contributed by atoms with Crippen LogP contribution in [0.25, 0.3) is 33.6 Å². The van der Waals surface area contributed by atoms with Crippen LogP contribution >= 0.6 is 0 Å². The van der Waals surface area contributed by atoms with Gasteiger partial charge in [-0.2, -0.15) is 0 Å². The molecule has 2 N–H and O–H groups in total. The SMILES string of the molecule is Oc1ccc(-c2cc(-c3cccc(O)c3)c3c(n2)-c2ccccc2C3)cc1. The molecular weight excluding hydrogens is 334 g/mol. The quantitative estimate of drug-likeness (QED) is 0.448. The third-order valence-corrected chi connectivity index (χ3v) is 5.08. The van der Waals surface area contributed by atoms with E-state index in [0.29, 0.717) is 0 Å². The van der Waals surface area contributed by atoms with Gasteiger partial charge in [0, 0.05) is 17.5 Å². The van der Waals surface area contributed by atoms with Gasteiger partial charge in [0.05, 0.1) is 11.4 Å². The van der Waals surface area contributed by atoms with E-state index in [1.807, 2.05) is 30.3 Å². The Morgan fingerprint density at radius 2 is 1.48 bits per heavy atom. The molecule has 1 aromatic heterocycles. The topological polar surface area (TPSA) is 53.4 Å². The highest BCUT2D eigenvalue weighted by Gasteiger charge is 2.24. The molecule has 3 nitrogen and oxygen atoms in total. The summed E-state index contributed by atoms with van der Waals surface area (Å²) in [4.78, 5) is 4.96. The standard InChI is InChI=1S/C24H17NO2/c26-18-10-8-15(9-11-18)23-14-21(16-5-3-6-19(27)12-16)22-13-17-4-1-2-7-20(17)24(22)25-23/h1-12,14,26-27H,13H2. The van der Waals surface area contributed by atoms with Gasteiger partial charge in [-0.15, -0.1) is 0 Å². The summed E-state index contributed by atoms with van der Waals surface area (Å²) in [6.07, 6.45) is 0.833. The third-order valence-electron chi connectivity index (χ3n) is 5.08. The molecule has 3 heteroatoms. The molecule has 130 valence electrons. The molecule has 5 rings (SSSR count). The van der Waals surface area contributed by atoms with Crippen LogP contribution in [0.2, 0.25) is 0 Å². The van der Waals surface area contributed by atoms with Crippen molar-refractivity contribution in [2.75, 3.05) is 0 Å². The zero-order valence-corrected chi connectivity index (χ0v) is 14.6. The molecule has 0 bridgehead atoms. The molecule has 0 saturated carbocycles. The molecule has 0 fully saturated rings. The molecule has 0 atom stereocenters. The second-order valence-corrected chi connectivity index (χ2v) is 6.81. The number of fused-ring (bicyclic) bond motifs is 3. The maximum Gasteiger partial charge on any atom is 0.116 e. The number of aromatic nitrogens is 1. The number of hydrogen-bond acceptors (Lipinski definition) is 3. The van der Waals surface area contributed by atoms with Crippen molar-refractivity contribution in [1.82, 2.24) is 4.98 Å². The van der Waals surface area contributed by atoms with E-state index in [9.17, 15) is 10.2 Å². The van der Waals surface area contributed by atoms with E-state index in [2.05, 4.69) is 24.3 Å². The highest BCUT2D eigenvalue weighted by Crippen LogP contribution is 2.42. The molecule has 0 unspecified atom stereocenters. The number of aromatic hydroxyl groups is 2. The lowest BCUT2D eigenvalue weighted by Crippen LogP contribution is -1.94. The number of hydrogen-bond donors (Lipinski definition) is 2. The van der Waals surface area contributed by atoms with Crippen molar-refractivity contribution in [3.8, 4) is 45.1 Å². The second kappa shape index (κ2) is 5.99. The maximum absolute atomic E-state index is 9.97. The van der Waals surface area contributed by atoms with Crippen LogP contribution in [0.5, 0.6) is 11.5 Å². The normalized spacial score (nSPS) is 11.9. The first-order valence-corrected chi connectivity index (χ1v) is 8.90. The molecular formula is C24H17NO2. The van der Waals surface area contributed by atoms with E-state index in [4.69, 9.17) is 4.98 Å². The van der Waals surface area contributed by atoms with Gasteiger partial charge >= 0.3 is 0 Å². The highest BCUT2D eigenvalue weighted by molar-refractivity contribution is 5.85. The van der Waals surface area contributed by atoms with Crippen molar-refractivity contribution in [3.05, 3.63) is 90.0 Å². The summed E-state index contributed by atoms with van der Waals surface area (Å²) < 4.78 is 0. The molecule has 3 aromatic carbocycles. The molecule has 0 amide bonds. The summed E-state index contributed by atoms with van der Waals surface area (Å²) in [6.45, 7) is 0. The van der Waals surface area contributed by atoms with Gasteiger partial charge in [0.25, 0.3) is 0 Å². The predicted octanol–water partition coefficient (Wildman–Crippen LogP) is 5.40. The Morgan fingerprint density at radius 1 is 0.667 bits per heavy atom. The Hall–Kier alpha value is -3.59. The van der Waals surface area contributed by atoms with E-state index >= 15 is 0 Å². The Kier molecular flexibility index (Phi) is 3.47. The van der Waals surface area contributed by atoms with Crippen LogP contribution in [-0.4, -0.2) is 15.2 Å². The molecule has 0 radical (unpaired) electrons. The third kappa shape index (κ3) is 2.64. The minimum atomic E-state index is 0.235. The monoisotopic (exact) mass is 351 g/mol. The summed E-state index contributed by atoms with van der Waals surface area (Å²) in [7, 11) is 0. The average molecular weight is 351 g/mol. The molecule has 0 aliphatic heterocycles. The lowest BCUT2D eigenvalue weighted by molar-refractivity contribution is 0.475. The molecule has 1 heterocycles. The van der Waals surface area contributed by atoms with Crippen molar-refractivity contribution >= 4 is 0 Å². The lowest BCUT2D eigenvalue weighted by atomic mass is 9.96. The van der Waals surface area contributed by atoms with E-state index < -0.39 is 0 Å². The Bertz CT molecular complexity index is 1160.